The molecule has 2 heterocycles. The normalized spacial score (nSPS) is 10.3. The minimum absolute atomic E-state index is 0.124. The van der Waals surface area contributed by atoms with Crippen LogP contribution < -0.4 is 9.47 Å². The van der Waals surface area contributed by atoms with Gasteiger partial charge in [-0.15, -0.1) is 0 Å². The zero-order valence-corrected chi connectivity index (χ0v) is 12.3. The van der Waals surface area contributed by atoms with Crippen LogP contribution in [0.25, 0.3) is 0 Å². The fourth-order valence-electron chi connectivity index (χ4n) is 1.59. The minimum atomic E-state index is -0.281. The molecule has 22 heavy (non-hydrogen) atoms. The maximum Gasteiger partial charge on any atom is 0.229 e. The van der Waals surface area contributed by atoms with Crippen LogP contribution in [0.2, 0.25) is 0 Å². The third-order valence-corrected chi connectivity index (χ3v) is 2.62. The first-order valence-corrected chi connectivity index (χ1v) is 6.45. The second kappa shape index (κ2) is 8.06. The Morgan fingerprint density at radius 1 is 0.864 bits per heavy atom. The van der Waals surface area contributed by atoms with Gasteiger partial charge >= 0.3 is 0 Å². The molecule has 0 N–H and O–H groups in total. The molecule has 2 aromatic rings. The Balaban J connectivity index is 2.04. The van der Waals surface area contributed by atoms with Crippen molar-refractivity contribution >= 4 is 5.78 Å². The molecule has 0 fully saturated rings. The predicted molar refractivity (Wildman–Crippen MR) is 76.9 cm³/mol. The van der Waals surface area contributed by atoms with Crippen LogP contribution in [0.3, 0.4) is 0 Å². The van der Waals surface area contributed by atoms with Crippen molar-refractivity contribution in [2.45, 2.75) is 0 Å². The summed E-state index contributed by atoms with van der Waals surface area (Å²) in [6, 6.07) is 6.44. The second-order valence-corrected chi connectivity index (χ2v) is 4.19. The van der Waals surface area contributed by atoms with Gasteiger partial charge < -0.3 is 18.9 Å². The van der Waals surface area contributed by atoms with Crippen molar-refractivity contribution in [3.63, 3.8) is 0 Å². The fourth-order valence-corrected chi connectivity index (χ4v) is 1.59. The van der Waals surface area contributed by atoms with Gasteiger partial charge in [0, 0.05) is 14.2 Å². The van der Waals surface area contributed by atoms with Crippen LogP contribution in [0.15, 0.2) is 36.7 Å². The smallest absolute Gasteiger partial charge is 0.229 e. The molecule has 0 aliphatic carbocycles. The number of ether oxygens (including phenoxy) is 4. The van der Waals surface area contributed by atoms with Gasteiger partial charge in [-0.05, 0) is 24.3 Å². The standard InChI is InChI=1S/C15H16N2O5/c1-19-9-21-11-3-5-13(16-7-11)15(18)14-6-4-12(8-17-14)22-10-20-2/h3-8H,9-10H2,1-2H3. The topological polar surface area (TPSA) is 79.8 Å². The molecule has 0 bridgehead atoms. The van der Waals surface area contributed by atoms with Crippen molar-refractivity contribution in [3.8, 4) is 11.5 Å². The molecular weight excluding hydrogens is 288 g/mol. The molecule has 0 amide bonds. The molecular formula is C15H16N2O5. The van der Waals surface area contributed by atoms with Crippen molar-refractivity contribution in [2.75, 3.05) is 27.8 Å². The van der Waals surface area contributed by atoms with Gasteiger partial charge in [0.1, 0.15) is 22.9 Å². The molecule has 0 radical (unpaired) electrons. The van der Waals surface area contributed by atoms with Crippen LogP contribution in [0.1, 0.15) is 16.2 Å². The van der Waals surface area contributed by atoms with Gasteiger partial charge in [-0.2, -0.15) is 0 Å². The average molecular weight is 304 g/mol. The molecule has 0 aromatic carbocycles. The van der Waals surface area contributed by atoms with E-state index < -0.39 is 0 Å². The number of rotatable bonds is 8. The molecule has 0 unspecified atom stereocenters. The molecule has 7 heteroatoms. The molecule has 0 saturated carbocycles. The SMILES string of the molecule is COCOc1ccc(C(=O)c2ccc(OCOC)cn2)nc1. The summed E-state index contributed by atoms with van der Waals surface area (Å²) in [5, 5.41) is 0. The number of hydrogen-bond acceptors (Lipinski definition) is 7. The first-order chi connectivity index (χ1) is 10.7. The van der Waals surface area contributed by atoms with Gasteiger partial charge in [-0.3, -0.25) is 4.79 Å². The summed E-state index contributed by atoms with van der Waals surface area (Å²) in [4.78, 5) is 20.4. The first kappa shape index (κ1) is 15.9. The molecule has 0 spiro atoms. The Hall–Kier alpha value is -2.51. The number of hydrogen-bond donors (Lipinski definition) is 0. The van der Waals surface area contributed by atoms with Gasteiger partial charge in [0.05, 0.1) is 12.4 Å². The van der Waals surface area contributed by atoms with E-state index in [1.54, 1.807) is 24.3 Å². The van der Waals surface area contributed by atoms with Crippen molar-refractivity contribution in [1.82, 2.24) is 9.97 Å². The largest absolute Gasteiger partial charge is 0.466 e. The van der Waals surface area contributed by atoms with Crippen molar-refractivity contribution in [3.05, 3.63) is 48.0 Å². The highest BCUT2D eigenvalue weighted by molar-refractivity contribution is 6.06. The van der Waals surface area contributed by atoms with E-state index in [1.165, 1.54) is 26.6 Å². The van der Waals surface area contributed by atoms with E-state index in [0.29, 0.717) is 11.5 Å². The maximum atomic E-state index is 12.2. The minimum Gasteiger partial charge on any atom is -0.466 e. The molecule has 116 valence electrons. The average Bonchev–Trinajstić information content (AvgIpc) is 2.58. The lowest BCUT2D eigenvalue weighted by atomic mass is 10.2. The van der Waals surface area contributed by atoms with Crippen LogP contribution in [-0.4, -0.2) is 43.6 Å². The summed E-state index contributed by atoms with van der Waals surface area (Å²) in [6.07, 6.45) is 2.92. The summed E-state index contributed by atoms with van der Waals surface area (Å²) in [5.41, 5.74) is 0.561. The Bertz CT molecular complexity index is 545. The number of aromatic nitrogens is 2. The predicted octanol–water partition coefficient (Wildman–Crippen LogP) is 1.67. The summed E-state index contributed by atoms with van der Waals surface area (Å²) >= 11 is 0. The van der Waals surface area contributed by atoms with E-state index in [4.69, 9.17) is 18.9 Å². The van der Waals surface area contributed by atoms with E-state index in [1.807, 2.05) is 0 Å². The summed E-state index contributed by atoms with van der Waals surface area (Å²) in [6.45, 7) is 0.249. The summed E-state index contributed by atoms with van der Waals surface area (Å²) in [7, 11) is 3.05. The Morgan fingerprint density at radius 3 is 1.64 bits per heavy atom. The summed E-state index contributed by atoms with van der Waals surface area (Å²) in [5.74, 6) is 0.765. The van der Waals surface area contributed by atoms with E-state index in [2.05, 4.69) is 9.97 Å². The van der Waals surface area contributed by atoms with Crippen LogP contribution in [-0.2, 0) is 9.47 Å². The Kier molecular flexibility index (Phi) is 5.81. The molecule has 0 atom stereocenters. The van der Waals surface area contributed by atoms with E-state index in [9.17, 15) is 4.79 Å². The van der Waals surface area contributed by atoms with Gasteiger partial charge in [0.2, 0.25) is 5.78 Å². The van der Waals surface area contributed by atoms with E-state index in [-0.39, 0.29) is 30.8 Å². The van der Waals surface area contributed by atoms with Crippen molar-refractivity contribution < 1.29 is 23.7 Å². The number of carbonyl (C=O) groups excluding carboxylic acids is 1. The van der Waals surface area contributed by atoms with Crippen LogP contribution in [0, 0.1) is 0 Å². The highest BCUT2D eigenvalue weighted by Crippen LogP contribution is 2.14. The third-order valence-electron chi connectivity index (χ3n) is 2.62. The fraction of sp³-hybridized carbons (Fsp3) is 0.267. The number of carbonyl (C=O) groups is 1. The quantitative estimate of drug-likeness (QED) is 0.542. The van der Waals surface area contributed by atoms with E-state index in [0.717, 1.165) is 0 Å². The van der Waals surface area contributed by atoms with Gasteiger partial charge in [-0.1, -0.05) is 0 Å². The third kappa shape index (κ3) is 4.24. The Labute approximate surface area is 127 Å². The molecule has 2 rings (SSSR count). The number of pyridine rings is 2. The number of nitrogens with zero attached hydrogens (tertiary/aromatic N) is 2. The molecule has 2 aromatic heterocycles. The van der Waals surface area contributed by atoms with Crippen molar-refractivity contribution in [1.29, 1.82) is 0 Å². The second-order valence-electron chi connectivity index (χ2n) is 4.19. The zero-order chi connectivity index (χ0) is 15.8. The summed E-state index contributed by atoms with van der Waals surface area (Å²) < 4.78 is 20.0. The van der Waals surface area contributed by atoms with Crippen LogP contribution in [0.4, 0.5) is 0 Å². The van der Waals surface area contributed by atoms with Crippen LogP contribution >= 0.6 is 0 Å². The lowest BCUT2D eigenvalue weighted by molar-refractivity contribution is 0.0507. The van der Waals surface area contributed by atoms with Gasteiger partial charge in [0.25, 0.3) is 0 Å². The Morgan fingerprint density at radius 2 is 1.32 bits per heavy atom. The van der Waals surface area contributed by atoms with Gasteiger partial charge in [-0.25, -0.2) is 9.97 Å². The molecule has 7 nitrogen and oxygen atoms in total. The molecule has 0 aliphatic heterocycles. The van der Waals surface area contributed by atoms with Gasteiger partial charge in [0.15, 0.2) is 13.6 Å². The highest BCUT2D eigenvalue weighted by Gasteiger charge is 2.12. The highest BCUT2D eigenvalue weighted by atomic mass is 16.7. The van der Waals surface area contributed by atoms with E-state index >= 15 is 0 Å². The lowest BCUT2D eigenvalue weighted by Gasteiger charge is -2.06. The number of ketones is 1. The first-order valence-electron chi connectivity index (χ1n) is 6.45. The zero-order valence-electron chi connectivity index (χ0n) is 12.3. The van der Waals surface area contributed by atoms with Crippen LogP contribution in [0.5, 0.6) is 11.5 Å². The molecule has 0 aliphatic rings. The monoisotopic (exact) mass is 304 g/mol. The number of methoxy groups -OCH3 is 2. The van der Waals surface area contributed by atoms with Crippen molar-refractivity contribution in [2.24, 2.45) is 0 Å². The molecule has 0 saturated heterocycles. The maximum absolute atomic E-state index is 12.2. The lowest BCUT2D eigenvalue weighted by Crippen LogP contribution is -2.07.